The van der Waals surface area contributed by atoms with E-state index in [1.165, 1.54) is 28.2 Å². The lowest BCUT2D eigenvalue weighted by Crippen LogP contribution is -2.47. The SMILES string of the molecule is O=C1N=C(N2CCN(c3cccc4ccccc34)CC2)S/C1=C\c1ccc(Cl)cc1. The van der Waals surface area contributed by atoms with Gasteiger partial charge in [0.1, 0.15) is 0 Å². The molecule has 30 heavy (non-hydrogen) atoms. The van der Waals surface area contributed by atoms with Crippen LogP contribution in [0.4, 0.5) is 5.69 Å². The van der Waals surface area contributed by atoms with Crippen molar-refractivity contribution in [1.29, 1.82) is 0 Å². The number of amides is 1. The molecule has 3 aromatic rings. The number of nitrogens with zero attached hydrogens (tertiary/aromatic N) is 3. The Morgan fingerprint density at radius 3 is 2.37 bits per heavy atom. The number of hydrogen-bond acceptors (Lipinski definition) is 4. The predicted octanol–water partition coefficient (Wildman–Crippen LogP) is 5.29. The van der Waals surface area contributed by atoms with E-state index in [0.717, 1.165) is 36.9 Å². The number of amidine groups is 1. The number of rotatable bonds is 2. The molecular formula is C24H20ClN3OS. The Morgan fingerprint density at radius 1 is 0.867 bits per heavy atom. The highest BCUT2D eigenvalue weighted by Gasteiger charge is 2.28. The quantitative estimate of drug-likeness (QED) is 0.515. The van der Waals surface area contributed by atoms with Crippen LogP contribution in [0.5, 0.6) is 0 Å². The van der Waals surface area contributed by atoms with E-state index in [4.69, 9.17) is 11.6 Å². The molecule has 1 fully saturated rings. The van der Waals surface area contributed by atoms with Crippen molar-refractivity contribution in [2.45, 2.75) is 0 Å². The first-order valence-electron chi connectivity index (χ1n) is 9.93. The number of anilines is 1. The van der Waals surface area contributed by atoms with Gasteiger partial charge in [0.2, 0.25) is 0 Å². The first-order valence-corrected chi connectivity index (χ1v) is 11.1. The average molecular weight is 434 g/mol. The molecule has 0 spiro atoms. The molecule has 0 atom stereocenters. The number of benzene rings is 3. The second-order valence-electron chi connectivity index (χ2n) is 7.33. The molecule has 0 bridgehead atoms. The van der Waals surface area contributed by atoms with Crippen molar-refractivity contribution >= 4 is 57.0 Å². The number of halogens is 1. The van der Waals surface area contributed by atoms with Gasteiger partial charge in [-0.1, -0.05) is 60.1 Å². The summed E-state index contributed by atoms with van der Waals surface area (Å²) in [4.78, 5) is 22.0. The van der Waals surface area contributed by atoms with Crippen LogP contribution in [-0.4, -0.2) is 42.2 Å². The summed E-state index contributed by atoms with van der Waals surface area (Å²) in [5.41, 5.74) is 2.22. The summed E-state index contributed by atoms with van der Waals surface area (Å²) in [7, 11) is 0. The maximum atomic E-state index is 12.4. The number of aliphatic imine (C=N–C) groups is 1. The van der Waals surface area contributed by atoms with Crippen molar-refractivity contribution in [3.63, 3.8) is 0 Å². The normalized spacial score (nSPS) is 18.4. The molecule has 0 radical (unpaired) electrons. The van der Waals surface area contributed by atoms with Gasteiger partial charge in [0, 0.05) is 42.3 Å². The third kappa shape index (κ3) is 3.83. The van der Waals surface area contributed by atoms with Crippen molar-refractivity contribution in [3.8, 4) is 0 Å². The van der Waals surface area contributed by atoms with Crippen LogP contribution in [0, 0.1) is 0 Å². The van der Waals surface area contributed by atoms with Gasteiger partial charge in [-0.25, -0.2) is 0 Å². The third-order valence-corrected chi connectivity index (χ3v) is 6.73. The summed E-state index contributed by atoms with van der Waals surface area (Å²) in [6.45, 7) is 3.49. The van der Waals surface area contributed by atoms with Crippen molar-refractivity contribution in [1.82, 2.24) is 4.90 Å². The fourth-order valence-corrected chi connectivity index (χ4v) is 4.96. The second kappa shape index (κ2) is 8.17. The Kier molecular flexibility index (Phi) is 5.23. The van der Waals surface area contributed by atoms with Gasteiger partial charge in [0.05, 0.1) is 4.91 Å². The van der Waals surface area contributed by atoms with Gasteiger partial charge in [-0.15, -0.1) is 0 Å². The number of hydrogen-bond donors (Lipinski definition) is 0. The molecule has 4 nitrogen and oxygen atoms in total. The minimum atomic E-state index is -0.165. The number of carbonyl (C=O) groups is 1. The summed E-state index contributed by atoms with van der Waals surface area (Å²) in [6, 6.07) is 22.4. The van der Waals surface area contributed by atoms with Crippen LogP contribution in [0.15, 0.2) is 76.6 Å². The van der Waals surface area contributed by atoms with Gasteiger partial charge in [0.25, 0.3) is 5.91 Å². The van der Waals surface area contributed by atoms with Gasteiger partial charge in [-0.2, -0.15) is 4.99 Å². The Bertz CT molecular complexity index is 1160. The molecule has 1 saturated heterocycles. The van der Waals surface area contributed by atoms with Crippen molar-refractivity contribution < 1.29 is 4.79 Å². The molecule has 3 aromatic carbocycles. The molecule has 0 N–H and O–H groups in total. The molecule has 6 heteroatoms. The lowest BCUT2D eigenvalue weighted by atomic mass is 10.1. The van der Waals surface area contributed by atoms with Crippen LogP contribution < -0.4 is 4.90 Å². The van der Waals surface area contributed by atoms with Gasteiger partial charge < -0.3 is 9.80 Å². The van der Waals surface area contributed by atoms with Crippen LogP contribution in [0.3, 0.4) is 0 Å². The monoisotopic (exact) mass is 433 g/mol. The summed E-state index contributed by atoms with van der Waals surface area (Å²) < 4.78 is 0. The molecule has 0 aliphatic carbocycles. The molecule has 2 aliphatic heterocycles. The van der Waals surface area contributed by atoms with E-state index in [2.05, 4.69) is 57.3 Å². The van der Waals surface area contributed by atoms with Gasteiger partial charge in [-0.05, 0) is 47.0 Å². The van der Waals surface area contributed by atoms with E-state index in [9.17, 15) is 4.79 Å². The van der Waals surface area contributed by atoms with Crippen LogP contribution in [0.1, 0.15) is 5.56 Å². The lowest BCUT2D eigenvalue weighted by Gasteiger charge is -2.37. The number of fused-ring (bicyclic) bond motifs is 1. The maximum Gasteiger partial charge on any atom is 0.286 e. The van der Waals surface area contributed by atoms with Crippen molar-refractivity contribution in [3.05, 3.63) is 82.2 Å². The molecule has 0 unspecified atom stereocenters. The maximum absolute atomic E-state index is 12.4. The number of piperazine rings is 1. The standard InChI is InChI=1S/C24H20ClN3OS/c25-19-10-8-17(9-11-19)16-22-23(29)26-24(30-22)28-14-12-27(13-15-28)21-7-3-5-18-4-1-2-6-20(18)21/h1-11,16H,12-15H2/b22-16-. The predicted molar refractivity (Wildman–Crippen MR) is 127 cm³/mol. The van der Waals surface area contributed by atoms with Gasteiger partial charge in [0.15, 0.2) is 5.17 Å². The van der Waals surface area contributed by atoms with E-state index in [0.29, 0.717) is 9.93 Å². The topological polar surface area (TPSA) is 35.9 Å². The van der Waals surface area contributed by atoms with Crippen LogP contribution in [0.25, 0.3) is 16.8 Å². The van der Waals surface area contributed by atoms with E-state index < -0.39 is 0 Å². The summed E-state index contributed by atoms with van der Waals surface area (Å²) in [5.74, 6) is -0.165. The van der Waals surface area contributed by atoms with E-state index in [1.807, 2.05) is 30.3 Å². The Hall–Kier alpha value is -2.76. The molecule has 2 heterocycles. The second-order valence-corrected chi connectivity index (χ2v) is 8.78. The van der Waals surface area contributed by atoms with Crippen molar-refractivity contribution in [2.24, 2.45) is 4.99 Å². The summed E-state index contributed by atoms with van der Waals surface area (Å²) >= 11 is 7.40. The Morgan fingerprint density at radius 2 is 1.57 bits per heavy atom. The van der Waals surface area contributed by atoms with Gasteiger partial charge in [-0.3, -0.25) is 4.79 Å². The lowest BCUT2D eigenvalue weighted by molar-refractivity contribution is -0.113. The summed E-state index contributed by atoms with van der Waals surface area (Å²) in [6.07, 6.45) is 1.88. The average Bonchev–Trinajstić information content (AvgIpc) is 3.15. The zero-order chi connectivity index (χ0) is 20.5. The van der Waals surface area contributed by atoms with Crippen LogP contribution in [0.2, 0.25) is 5.02 Å². The van der Waals surface area contributed by atoms with E-state index in [1.54, 1.807) is 0 Å². The molecule has 150 valence electrons. The van der Waals surface area contributed by atoms with Crippen LogP contribution >= 0.6 is 23.4 Å². The van der Waals surface area contributed by atoms with Gasteiger partial charge >= 0.3 is 0 Å². The molecule has 2 aliphatic rings. The largest absolute Gasteiger partial charge is 0.367 e. The zero-order valence-corrected chi connectivity index (χ0v) is 17.9. The smallest absolute Gasteiger partial charge is 0.286 e. The molecular weight excluding hydrogens is 414 g/mol. The van der Waals surface area contributed by atoms with Crippen molar-refractivity contribution in [2.75, 3.05) is 31.1 Å². The molecule has 5 rings (SSSR count). The highest BCUT2D eigenvalue weighted by molar-refractivity contribution is 8.18. The van der Waals surface area contributed by atoms with Crippen LogP contribution in [-0.2, 0) is 4.79 Å². The molecule has 0 aromatic heterocycles. The highest BCUT2D eigenvalue weighted by atomic mass is 35.5. The first-order chi connectivity index (χ1) is 14.7. The van der Waals surface area contributed by atoms with E-state index in [-0.39, 0.29) is 5.91 Å². The Balaban J connectivity index is 1.27. The molecule has 0 saturated carbocycles. The minimum Gasteiger partial charge on any atom is -0.367 e. The van der Waals surface area contributed by atoms with E-state index >= 15 is 0 Å². The zero-order valence-electron chi connectivity index (χ0n) is 16.3. The summed E-state index contributed by atoms with van der Waals surface area (Å²) in [5, 5.41) is 4.03. The first kappa shape index (κ1) is 19.2. The fraction of sp³-hybridized carbons (Fsp3) is 0.167. The number of thioether (sulfide) groups is 1. The number of carbonyl (C=O) groups excluding carboxylic acids is 1. The third-order valence-electron chi connectivity index (χ3n) is 5.43. The minimum absolute atomic E-state index is 0.165. The molecule has 1 amide bonds. The Labute approximate surface area is 184 Å². The fourth-order valence-electron chi connectivity index (χ4n) is 3.87. The highest BCUT2D eigenvalue weighted by Crippen LogP contribution is 2.32.